The normalized spacial score (nSPS) is 18.5. The maximum atomic E-state index is 13.6. The number of hydrogen-bond acceptors (Lipinski definition) is 2. The zero-order chi connectivity index (χ0) is 13.7. The van der Waals surface area contributed by atoms with Gasteiger partial charge in [0, 0.05) is 36.7 Å². The molecule has 1 aromatic rings. The molecule has 1 atom stereocenters. The molecule has 0 unspecified atom stereocenters. The molecule has 1 saturated heterocycles. The molecule has 19 heavy (non-hydrogen) atoms. The van der Waals surface area contributed by atoms with E-state index in [-0.39, 0.29) is 5.82 Å². The first-order valence-corrected chi connectivity index (χ1v) is 7.90. The Balaban J connectivity index is 2.19. The van der Waals surface area contributed by atoms with Crippen LogP contribution in [0.3, 0.4) is 0 Å². The molecule has 0 aromatic heterocycles. The van der Waals surface area contributed by atoms with E-state index < -0.39 is 0 Å². The van der Waals surface area contributed by atoms with Crippen LogP contribution in [-0.2, 0) is 0 Å². The summed E-state index contributed by atoms with van der Waals surface area (Å²) in [5.74, 6) is -0.152. The van der Waals surface area contributed by atoms with Gasteiger partial charge in [0.25, 0.3) is 0 Å². The Bertz CT molecular complexity index is 385. The molecule has 0 aliphatic carbocycles. The van der Waals surface area contributed by atoms with E-state index in [1.807, 2.05) is 0 Å². The second-order valence-corrected chi connectivity index (χ2v) is 6.06. The molecule has 1 fully saturated rings. The number of halogens is 2. The molecular weight excluding hydrogens is 307 g/mol. The topological polar surface area (TPSA) is 15.3 Å². The highest BCUT2D eigenvalue weighted by Crippen LogP contribution is 2.29. The third kappa shape index (κ3) is 4.26. The standard InChI is InChI=1S/C15H22BrFN2/c1-2-3-4-15(19-7-5-18-6-8-19)12-9-13(16)11-14(17)10-12/h9-11,15,18H,2-8H2,1H3/t15-/m1/s1. The van der Waals surface area contributed by atoms with Crippen LogP contribution < -0.4 is 5.32 Å². The Labute approximate surface area is 123 Å². The molecule has 0 saturated carbocycles. The lowest BCUT2D eigenvalue weighted by Gasteiger charge is -2.35. The third-order valence-electron chi connectivity index (χ3n) is 3.69. The van der Waals surface area contributed by atoms with Crippen LogP contribution in [0.4, 0.5) is 4.39 Å². The Kier molecular flexibility index (Phi) is 5.79. The zero-order valence-electron chi connectivity index (χ0n) is 11.5. The summed E-state index contributed by atoms with van der Waals surface area (Å²) in [6.45, 7) is 6.35. The second kappa shape index (κ2) is 7.36. The first-order chi connectivity index (χ1) is 9.20. The van der Waals surface area contributed by atoms with Gasteiger partial charge in [-0.15, -0.1) is 0 Å². The molecule has 106 valence electrons. The quantitative estimate of drug-likeness (QED) is 0.886. The fraction of sp³-hybridized carbons (Fsp3) is 0.600. The van der Waals surface area contributed by atoms with Crippen LogP contribution in [0, 0.1) is 5.82 Å². The van der Waals surface area contributed by atoms with Crippen molar-refractivity contribution in [1.29, 1.82) is 0 Å². The minimum atomic E-state index is -0.152. The van der Waals surface area contributed by atoms with Crippen molar-refractivity contribution in [3.8, 4) is 0 Å². The molecule has 1 aliphatic heterocycles. The number of nitrogens with zero attached hydrogens (tertiary/aromatic N) is 1. The van der Waals surface area contributed by atoms with Gasteiger partial charge < -0.3 is 5.32 Å². The summed E-state index contributed by atoms with van der Waals surface area (Å²) in [4.78, 5) is 2.48. The summed E-state index contributed by atoms with van der Waals surface area (Å²) in [5.41, 5.74) is 1.10. The van der Waals surface area contributed by atoms with Gasteiger partial charge in [-0.2, -0.15) is 0 Å². The molecule has 4 heteroatoms. The van der Waals surface area contributed by atoms with Crippen molar-refractivity contribution in [2.45, 2.75) is 32.2 Å². The van der Waals surface area contributed by atoms with Crippen LogP contribution in [0.5, 0.6) is 0 Å². The fourth-order valence-electron chi connectivity index (χ4n) is 2.72. The van der Waals surface area contributed by atoms with Crippen molar-refractivity contribution in [3.63, 3.8) is 0 Å². The van der Waals surface area contributed by atoms with Gasteiger partial charge in [-0.05, 0) is 30.2 Å². The van der Waals surface area contributed by atoms with Crippen LogP contribution in [0.2, 0.25) is 0 Å². The van der Waals surface area contributed by atoms with Gasteiger partial charge in [0.15, 0.2) is 0 Å². The van der Waals surface area contributed by atoms with E-state index in [4.69, 9.17) is 0 Å². The van der Waals surface area contributed by atoms with Gasteiger partial charge in [-0.1, -0.05) is 35.7 Å². The van der Waals surface area contributed by atoms with E-state index in [1.54, 1.807) is 6.07 Å². The zero-order valence-corrected chi connectivity index (χ0v) is 13.0. The van der Waals surface area contributed by atoms with Gasteiger partial charge in [0.2, 0.25) is 0 Å². The van der Waals surface area contributed by atoms with Crippen molar-refractivity contribution in [2.75, 3.05) is 26.2 Å². The van der Waals surface area contributed by atoms with Crippen LogP contribution in [0.15, 0.2) is 22.7 Å². The Morgan fingerprint density at radius 1 is 1.32 bits per heavy atom. The van der Waals surface area contributed by atoms with Crippen LogP contribution in [-0.4, -0.2) is 31.1 Å². The van der Waals surface area contributed by atoms with E-state index in [9.17, 15) is 4.39 Å². The molecule has 2 nitrogen and oxygen atoms in total. The highest BCUT2D eigenvalue weighted by molar-refractivity contribution is 9.10. The second-order valence-electron chi connectivity index (χ2n) is 5.15. The van der Waals surface area contributed by atoms with Crippen LogP contribution in [0.1, 0.15) is 37.8 Å². The molecule has 1 heterocycles. The summed E-state index contributed by atoms with van der Waals surface area (Å²) < 4.78 is 14.4. The van der Waals surface area contributed by atoms with E-state index >= 15 is 0 Å². The lowest BCUT2D eigenvalue weighted by Crippen LogP contribution is -2.45. The lowest BCUT2D eigenvalue weighted by molar-refractivity contribution is 0.163. The van der Waals surface area contributed by atoms with Crippen molar-refractivity contribution in [3.05, 3.63) is 34.1 Å². The minimum absolute atomic E-state index is 0.152. The monoisotopic (exact) mass is 328 g/mol. The summed E-state index contributed by atoms with van der Waals surface area (Å²) >= 11 is 3.40. The smallest absolute Gasteiger partial charge is 0.124 e. The third-order valence-corrected chi connectivity index (χ3v) is 4.15. The number of nitrogens with one attached hydrogen (secondary N) is 1. The number of rotatable bonds is 5. The number of hydrogen-bond donors (Lipinski definition) is 1. The average molecular weight is 329 g/mol. The highest BCUT2D eigenvalue weighted by Gasteiger charge is 2.22. The molecule has 1 N–H and O–H groups in total. The number of benzene rings is 1. The van der Waals surface area contributed by atoms with Crippen LogP contribution in [0.25, 0.3) is 0 Å². The molecule has 1 aliphatic rings. The summed E-state index contributed by atoms with van der Waals surface area (Å²) in [6, 6.07) is 5.62. The highest BCUT2D eigenvalue weighted by atomic mass is 79.9. The van der Waals surface area contributed by atoms with Gasteiger partial charge >= 0.3 is 0 Å². The van der Waals surface area contributed by atoms with Crippen LogP contribution >= 0.6 is 15.9 Å². The van der Waals surface area contributed by atoms with Gasteiger partial charge in [-0.3, -0.25) is 4.90 Å². The minimum Gasteiger partial charge on any atom is -0.314 e. The van der Waals surface area contributed by atoms with Crippen molar-refractivity contribution in [2.24, 2.45) is 0 Å². The molecule has 2 rings (SSSR count). The van der Waals surface area contributed by atoms with Gasteiger partial charge in [0.05, 0.1) is 0 Å². The first kappa shape index (κ1) is 14.9. The van der Waals surface area contributed by atoms with E-state index in [0.29, 0.717) is 6.04 Å². The SMILES string of the molecule is CCCC[C@H](c1cc(F)cc(Br)c1)N1CCNCC1. The van der Waals surface area contributed by atoms with Gasteiger partial charge in [-0.25, -0.2) is 4.39 Å². The number of unbranched alkanes of at least 4 members (excludes halogenated alkanes) is 1. The largest absolute Gasteiger partial charge is 0.314 e. The molecule has 0 spiro atoms. The average Bonchev–Trinajstić information content (AvgIpc) is 2.39. The Morgan fingerprint density at radius 2 is 2.05 bits per heavy atom. The van der Waals surface area contributed by atoms with E-state index in [0.717, 1.165) is 42.6 Å². The summed E-state index contributed by atoms with van der Waals surface area (Å²) in [7, 11) is 0. The Hall–Kier alpha value is -0.450. The maximum absolute atomic E-state index is 13.6. The van der Waals surface area contributed by atoms with E-state index in [2.05, 4.69) is 39.1 Å². The molecule has 1 aromatic carbocycles. The van der Waals surface area contributed by atoms with Crippen molar-refractivity contribution in [1.82, 2.24) is 10.2 Å². The number of piperazine rings is 1. The Morgan fingerprint density at radius 3 is 2.68 bits per heavy atom. The van der Waals surface area contributed by atoms with E-state index in [1.165, 1.54) is 18.9 Å². The molecular formula is C15H22BrFN2. The molecule has 0 radical (unpaired) electrons. The van der Waals surface area contributed by atoms with Crippen molar-refractivity contribution < 1.29 is 4.39 Å². The summed E-state index contributed by atoms with van der Waals surface area (Å²) in [5, 5.41) is 3.37. The maximum Gasteiger partial charge on any atom is 0.124 e. The lowest BCUT2D eigenvalue weighted by atomic mass is 9.98. The predicted octanol–water partition coefficient (Wildman–Crippen LogP) is 3.72. The summed E-state index contributed by atoms with van der Waals surface area (Å²) in [6.07, 6.45) is 3.47. The van der Waals surface area contributed by atoms with Gasteiger partial charge in [0.1, 0.15) is 5.82 Å². The fourth-order valence-corrected chi connectivity index (χ4v) is 3.20. The predicted molar refractivity (Wildman–Crippen MR) is 80.8 cm³/mol. The van der Waals surface area contributed by atoms with Crippen molar-refractivity contribution >= 4 is 15.9 Å². The first-order valence-electron chi connectivity index (χ1n) is 7.11. The molecule has 0 amide bonds. The molecule has 0 bridgehead atoms.